The molecule has 1 heterocycles. The first-order chi connectivity index (χ1) is 8.61. The summed E-state index contributed by atoms with van der Waals surface area (Å²) in [5, 5.41) is 0. The standard InChI is InChI=1S/C13H14N2O3/c1-3-14(4-2)13(18)15-11(16)9-7-5-6-8-10(9)12(15)17/h5-8H,3-4H2,1-2H3. The lowest BCUT2D eigenvalue weighted by molar-refractivity contribution is 0.0668. The molecule has 0 saturated heterocycles. The van der Waals surface area contributed by atoms with Crippen LogP contribution in [0.2, 0.25) is 0 Å². The number of carbonyl (C=O) groups is 3. The number of hydrogen-bond donors (Lipinski definition) is 0. The molecule has 1 aliphatic rings. The molecule has 0 aromatic heterocycles. The predicted octanol–water partition coefficient (Wildman–Crippen LogP) is 1.74. The Balaban J connectivity index is 2.37. The summed E-state index contributed by atoms with van der Waals surface area (Å²) in [4.78, 5) is 38.4. The van der Waals surface area contributed by atoms with E-state index in [2.05, 4.69) is 0 Å². The maximum Gasteiger partial charge on any atom is 0.334 e. The molecule has 0 fully saturated rings. The molecule has 0 bridgehead atoms. The minimum Gasteiger partial charge on any atom is -0.324 e. The van der Waals surface area contributed by atoms with Gasteiger partial charge in [-0.3, -0.25) is 9.59 Å². The van der Waals surface area contributed by atoms with Gasteiger partial charge in [-0.25, -0.2) is 4.79 Å². The molecule has 18 heavy (non-hydrogen) atoms. The summed E-state index contributed by atoms with van der Waals surface area (Å²) in [5.74, 6) is -1.07. The molecule has 0 radical (unpaired) electrons. The van der Waals surface area contributed by atoms with Crippen molar-refractivity contribution in [1.29, 1.82) is 0 Å². The van der Waals surface area contributed by atoms with E-state index in [1.807, 2.05) is 0 Å². The Morgan fingerprint density at radius 3 is 1.89 bits per heavy atom. The molecule has 94 valence electrons. The first-order valence-corrected chi connectivity index (χ1v) is 5.88. The Morgan fingerprint density at radius 1 is 1.06 bits per heavy atom. The van der Waals surface area contributed by atoms with Crippen molar-refractivity contribution in [3.63, 3.8) is 0 Å². The van der Waals surface area contributed by atoms with Crippen molar-refractivity contribution in [1.82, 2.24) is 9.80 Å². The predicted molar refractivity (Wildman–Crippen MR) is 65.3 cm³/mol. The summed E-state index contributed by atoms with van der Waals surface area (Å²) in [6.07, 6.45) is 0. The SMILES string of the molecule is CCN(CC)C(=O)N1C(=O)c2ccccc2C1=O. The van der Waals surface area contributed by atoms with Crippen LogP contribution in [0.15, 0.2) is 24.3 Å². The van der Waals surface area contributed by atoms with Gasteiger partial charge in [0, 0.05) is 13.1 Å². The van der Waals surface area contributed by atoms with Gasteiger partial charge in [0.25, 0.3) is 11.8 Å². The summed E-state index contributed by atoms with van der Waals surface area (Å²) in [7, 11) is 0. The fraction of sp³-hybridized carbons (Fsp3) is 0.308. The van der Waals surface area contributed by atoms with Crippen LogP contribution in [0, 0.1) is 0 Å². The van der Waals surface area contributed by atoms with Gasteiger partial charge in [0.05, 0.1) is 11.1 Å². The zero-order valence-corrected chi connectivity index (χ0v) is 10.3. The third-order valence-electron chi connectivity index (χ3n) is 3.02. The summed E-state index contributed by atoms with van der Waals surface area (Å²) in [6.45, 7) is 4.53. The largest absolute Gasteiger partial charge is 0.334 e. The Labute approximate surface area is 105 Å². The van der Waals surface area contributed by atoms with E-state index in [4.69, 9.17) is 0 Å². The Kier molecular flexibility index (Phi) is 3.14. The number of benzene rings is 1. The van der Waals surface area contributed by atoms with Gasteiger partial charge >= 0.3 is 6.03 Å². The van der Waals surface area contributed by atoms with Crippen LogP contribution in [0.25, 0.3) is 0 Å². The monoisotopic (exact) mass is 246 g/mol. The Bertz CT molecular complexity index is 486. The van der Waals surface area contributed by atoms with E-state index < -0.39 is 17.8 Å². The van der Waals surface area contributed by atoms with Gasteiger partial charge in [-0.1, -0.05) is 12.1 Å². The molecule has 5 heteroatoms. The van der Waals surface area contributed by atoms with Gasteiger partial charge < -0.3 is 4.90 Å². The number of carbonyl (C=O) groups excluding carboxylic acids is 3. The van der Waals surface area contributed by atoms with Gasteiger partial charge in [-0.15, -0.1) is 0 Å². The molecule has 0 N–H and O–H groups in total. The molecule has 4 amide bonds. The molecule has 0 aliphatic carbocycles. The summed E-state index contributed by atoms with van der Waals surface area (Å²) in [5.41, 5.74) is 0.589. The van der Waals surface area contributed by atoms with Crippen molar-refractivity contribution in [3.05, 3.63) is 35.4 Å². The van der Waals surface area contributed by atoms with Crippen LogP contribution in [-0.2, 0) is 0 Å². The number of urea groups is 1. The number of rotatable bonds is 2. The molecular formula is C13H14N2O3. The second kappa shape index (κ2) is 4.60. The Hall–Kier alpha value is -2.17. The van der Waals surface area contributed by atoms with Gasteiger partial charge in [0.1, 0.15) is 0 Å². The van der Waals surface area contributed by atoms with Crippen molar-refractivity contribution >= 4 is 17.8 Å². The van der Waals surface area contributed by atoms with Crippen LogP contribution >= 0.6 is 0 Å². The van der Waals surface area contributed by atoms with Crippen LogP contribution in [0.1, 0.15) is 34.6 Å². The van der Waals surface area contributed by atoms with Crippen molar-refractivity contribution in [2.24, 2.45) is 0 Å². The number of imide groups is 3. The fourth-order valence-corrected chi connectivity index (χ4v) is 2.00. The lowest BCUT2D eigenvalue weighted by atomic mass is 10.1. The zero-order chi connectivity index (χ0) is 13.3. The minimum absolute atomic E-state index is 0.294. The topological polar surface area (TPSA) is 57.7 Å². The second-order valence-electron chi connectivity index (χ2n) is 3.95. The minimum atomic E-state index is -0.550. The Morgan fingerprint density at radius 2 is 1.50 bits per heavy atom. The molecule has 5 nitrogen and oxygen atoms in total. The molecule has 2 rings (SSSR count). The third kappa shape index (κ3) is 1.68. The number of fused-ring (bicyclic) bond motifs is 1. The van der Waals surface area contributed by atoms with Crippen LogP contribution in [0.3, 0.4) is 0 Å². The number of nitrogens with zero attached hydrogens (tertiary/aromatic N) is 2. The van der Waals surface area contributed by atoms with Gasteiger partial charge in [-0.05, 0) is 26.0 Å². The summed E-state index contributed by atoms with van der Waals surface area (Å²) >= 11 is 0. The van der Waals surface area contributed by atoms with E-state index in [1.54, 1.807) is 38.1 Å². The maximum absolute atomic E-state index is 12.1. The van der Waals surface area contributed by atoms with E-state index in [0.29, 0.717) is 24.2 Å². The first-order valence-electron chi connectivity index (χ1n) is 5.88. The number of amides is 4. The van der Waals surface area contributed by atoms with E-state index >= 15 is 0 Å². The molecule has 0 spiro atoms. The van der Waals surface area contributed by atoms with E-state index in [-0.39, 0.29) is 0 Å². The summed E-state index contributed by atoms with van der Waals surface area (Å²) < 4.78 is 0. The van der Waals surface area contributed by atoms with Crippen molar-refractivity contribution < 1.29 is 14.4 Å². The molecule has 1 aromatic rings. The molecule has 0 saturated carbocycles. The van der Waals surface area contributed by atoms with Crippen LogP contribution in [0.4, 0.5) is 4.79 Å². The highest BCUT2D eigenvalue weighted by Gasteiger charge is 2.40. The number of hydrogen-bond acceptors (Lipinski definition) is 3. The average molecular weight is 246 g/mol. The second-order valence-corrected chi connectivity index (χ2v) is 3.95. The van der Waals surface area contributed by atoms with Crippen molar-refractivity contribution in [2.75, 3.05) is 13.1 Å². The van der Waals surface area contributed by atoms with E-state index in [0.717, 1.165) is 4.90 Å². The van der Waals surface area contributed by atoms with Crippen LogP contribution in [-0.4, -0.2) is 40.7 Å². The van der Waals surface area contributed by atoms with E-state index in [1.165, 1.54) is 4.90 Å². The summed E-state index contributed by atoms with van der Waals surface area (Å²) in [6, 6.07) is 5.92. The molecule has 1 aromatic carbocycles. The fourth-order valence-electron chi connectivity index (χ4n) is 2.00. The molecular weight excluding hydrogens is 232 g/mol. The normalized spacial score (nSPS) is 13.8. The van der Waals surface area contributed by atoms with Crippen molar-refractivity contribution in [2.45, 2.75) is 13.8 Å². The third-order valence-corrected chi connectivity index (χ3v) is 3.02. The van der Waals surface area contributed by atoms with Gasteiger partial charge in [-0.2, -0.15) is 4.90 Å². The van der Waals surface area contributed by atoms with E-state index in [9.17, 15) is 14.4 Å². The average Bonchev–Trinajstić information content (AvgIpc) is 2.64. The molecule has 0 atom stereocenters. The maximum atomic E-state index is 12.1. The zero-order valence-electron chi connectivity index (χ0n) is 10.3. The molecule has 0 unspecified atom stereocenters. The lowest BCUT2D eigenvalue weighted by Crippen LogP contribution is -2.45. The highest BCUT2D eigenvalue weighted by molar-refractivity contribution is 6.28. The first kappa shape index (κ1) is 12.3. The van der Waals surface area contributed by atoms with Gasteiger partial charge in [0.15, 0.2) is 0 Å². The highest BCUT2D eigenvalue weighted by Crippen LogP contribution is 2.23. The van der Waals surface area contributed by atoms with Gasteiger partial charge in [0.2, 0.25) is 0 Å². The smallest absolute Gasteiger partial charge is 0.324 e. The molecule has 1 aliphatic heterocycles. The van der Waals surface area contributed by atoms with Crippen LogP contribution in [0.5, 0.6) is 0 Å². The van der Waals surface area contributed by atoms with Crippen LogP contribution < -0.4 is 0 Å². The highest BCUT2D eigenvalue weighted by atomic mass is 16.2. The van der Waals surface area contributed by atoms with Crippen molar-refractivity contribution in [3.8, 4) is 0 Å². The lowest BCUT2D eigenvalue weighted by Gasteiger charge is -2.23. The quantitative estimate of drug-likeness (QED) is 0.747.